The molecular formula is C79H154O17P2. The van der Waals surface area contributed by atoms with Gasteiger partial charge in [0, 0.05) is 25.7 Å². The van der Waals surface area contributed by atoms with Crippen molar-refractivity contribution in [2.75, 3.05) is 39.6 Å². The molecule has 0 amide bonds. The van der Waals surface area contributed by atoms with Crippen molar-refractivity contribution in [2.24, 2.45) is 17.8 Å². The minimum atomic E-state index is -4.96. The van der Waals surface area contributed by atoms with E-state index in [9.17, 15) is 43.2 Å². The van der Waals surface area contributed by atoms with Gasteiger partial charge in [-0.05, 0) is 43.4 Å². The summed E-state index contributed by atoms with van der Waals surface area (Å²) < 4.78 is 68.6. The molecule has 0 aliphatic heterocycles. The Bertz CT molecular complexity index is 1910. The van der Waals surface area contributed by atoms with Crippen molar-refractivity contribution in [3.63, 3.8) is 0 Å². The van der Waals surface area contributed by atoms with E-state index in [1.807, 2.05) is 0 Å². The van der Waals surface area contributed by atoms with Crippen LogP contribution >= 0.6 is 15.6 Å². The molecule has 3 unspecified atom stereocenters. The van der Waals surface area contributed by atoms with Crippen LogP contribution in [0.4, 0.5) is 0 Å². The van der Waals surface area contributed by atoms with Gasteiger partial charge in [-0.3, -0.25) is 37.3 Å². The Morgan fingerprint density at radius 3 is 0.776 bits per heavy atom. The van der Waals surface area contributed by atoms with E-state index in [1.165, 1.54) is 212 Å². The first-order valence-corrected chi connectivity index (χ1v) is 43.9. The first-order valence-electron chi connectivity index (χ1n) is 40.9. The number of unbranched alkanes of at least 4 members (excludes halogenated alkanes) is 44. The number of aliphatic hydroxyl groups excluding tert-OH is 1. The average Bonchev–Trinajstić information content (AvgIpc) is 1.07. The number of phosphoric ester groups is 2. The molecule has 0 radical (unpaired) electrons. The number of phosphoric acid groups is 2. The zero-order chi connectivity index (χ0) is 72.3. The van der Waals surface area contributed by atoms with Crippen LogP contribution in [0.3, 0.4) is 0 Å². The molecule has 582 valence electrons. The summed E-state index contributed by atoms with van der Waals surface area (Å²) in [4.78, 5) is 72.9. The molecule has 0 heterocycles. The average molecular weight is 1440 g/mol. The second-order valence-electron chi connectivity index (χ2n) is 29.6. The Morgan fingerprint density at radius 1 is 0.296 bits per heavy atom. The van der Waals surface area contributed by atoms with E-state index < -0.39 is 97.5 Å². The van der Waals surface area contributed by atoms with Gasteiger partial charge in [0.05, 0.1) is 26.4 Å². The molecule has 0 rings (SSSR count). The molecule has 0 aromatic rings. The number of hydrogen-bond donors (Lipinski definition) is 3. The molecule has 0 saturated carbocycles. The molecule has 17 nitrogen and oxygen atoms in total. The number of esters is 4. The van der Waals surface area contributed by atoms with Crippen LogP contribution in [0.25, 0.3) is 0 Å². The molecule has 0 saturated heterocycles. The van der Waals surface area contributed by atoms with Gasteiger partial charge in [0.15, 0.2) is 12.2 Å². The Labute approximate surface area is 600 Å². The van der Waals surface area contributed by atoms with Crippen LogP contribution in [0.15, 0.2) is 0 Å². The third-order valence-electron chi connectivity index (χ3n) is 18.7. The van der Waals surface area contributed by atoms with E-state index in [2.05, 4.69) is 48.5 Å². The van der Waals surface area contributed by atoms with Gasteiger partial charge in [-0.1, -0.05) is 357 Å². The molecule has 0 aliphatic rings. The largest absolute Gasteiger partial charge is 0.472 e. The van der Waals surface area contributed by atoms with E-state index in [1.54, 1.807) is 0 Å². The van der Waals surface area contributed by atoms with Gasteiger partial charge >= 0.3 is 39.5 Å². The molecular weight excluding hydrogens is 1280 g/mol. The maximum absolute atomic E-state index is 13.1. The maximum Gasteiger partial charge on any atom is 0.472 e. The first kappa shape index (κ1) is 96.1. The van der Waals surface area contributed by atoms with Crippen molar-refractivity contribution in [3.05, 3.63) is 0 Å². The molecule has 0 aromatic carbocycles. The Morgan fingerprint density at radius 2 is 0.520 bits per heavy atom. The minimum Gasteiger partial charge on any atom is -0.462 e. The fourth-order valence-electron chi connectivity index (χ4n) is 12.1. The molecule has 0 fully saturated rings. The monoisotopic (exact) mass is 1440 g/mol. The lowest BCUT2D eigenvalue weighted by molar-refractivity contribution is -0.161. The second kappa shape index (κ2) is 69.4. The van der Waals surface area contributed by atoms with E-state index in [0.717, 1.165) is 108 Å². The molecule has 3 N–H and O–H groups in total. The first-order chi connectivity index (χ1) is 47.3. The predicted octanol–water partition coefficient (Wildman–Crippen LogP) is 23.4. The van der Waals surface area contributed by atoms with Crippen molar-refractivity contribution in [2.45, 2.75) is 426 Å². The van der Waals surface area contributed by atoms with Gasteiger partial charge in [-0.15, -0.1) is 0 Å². The van der Waals surface area contributed by atoms with Crippen LogP contribution < -0.4 is 0 Å². The minimum absolute atomic E-state index is 0.103. The Balaban J connectivity index is 5.20. The second-order valence-corrected chi connectivity index (χ2v) is 32.6. The standard InChI is InChI=1S/C79H154O17P2/c1-8-10-11-12-13-14-15-16-17-18-19-20-21-22-23-28-31-34-39-48-55-62-78(83)95-74(66-89-76(81)60-53-46-38-33-30-27-25-24-26-29-32-36-43-50-57-70(3)4)68-93-97(85,86)91-64-73(80)65-92-98(87,88)94-69-75(96-79(84)63-56-49-40-35-37-44-51-58-71(5)6)67-90-77(82)61-54-47-42-41-45-52-59-72(7)9-2/h70-75,80H,8-69H2,1-7H3,(H,85,86)(H,87,88)/t72?,73-,74-,75-/m1/s1. The summed E-state index contributed by atoms with van der Waals surface area (Å²) in [6.07, 6.45) is 57.2. The van der Waals surface area contributed by atoms with Gasteiger partial charge in [-0.25, -0.2) is 9.13 Å². The number of rotatable bonds is 77. The SMILES string of the molecule is CCCCCCCCCCCCCCCCCCCCCCCC(=O)O[C@H](COC(=O)CCCCCCCCCCCCCCCCC(C)C)COP(=O)(O)OC[C@@H](O)COP(=O)(O)OC[C@@H](COC(=O)CCCCCCCCC(C)CC)OC(=O)CCCCCCCCCC(C)C. The number of carbonyl (C=O) groups is 4. The lowest BCUT2D eigenvalue weighted by Gasteiger charge is -2.21. The van der Waals surface area contributed by atoms with Gasteiger partial charge < -0.3 is 33.8 Å². The maximum atomic E-state index is 13.1. The molecule has 0 aliphatic carbocycles. The van der Waals surface area contributed by atoms with Crippen LogP contribution in [0.5, 0.6) is 0 Å². The lowest BCUT2D eigenvalue weighted by atomic mass is 10.00. The number of ether oxygens (including phenoxy) is 4. The highest BCUT2D eigenvalue weighted by atomic mass is 31.2. The van der Waals surface area contributed by atoms with E-state index in [0.29, 0.717) is 31.6 Å². The van der Waals surface area contributed by atoms with Crippen LogP contribution in [-0.4, -0.2) is 96.7 Å². The highest BCUT2D eigenvalue weighted by Gasteiger charge is 2.30. The summed E-state index contributed by atoms with van der Waals surface area (Å²) in [5.41, 5.74) is 0. The van der Waals surface area contributed by atoms with E-state index in [-0.39, 0.29) is 25.7 Å². The van der Waals surface area contributed by atoms with Gasteiger partial charge in [0.1, 0.15) is 19.3 Å². The molecule has 0 bridgehead atoms. The van der Waals surface area contributed by atoms with Crippen molar-refractivity contribution in [1.29, 1.82) is 0 Å². The molecule has 6 atom stereocenters. The van der Waals surface area contributed by atoms with Crippen LogP contribution in [0.1, 0.15) is 408 Å². The van der Waals surface area contributed by atoms with Crippen LogP contribution in [0.2, 0.25) is 0 Å². The fraction of sp³-hybridized carbons (Fsp3) is 0.949. The number of carbonyl (C=O) groups excluding carboxylic acids is 4. The highest BCUT2D eigenvalue weighted by Crippen LogP contribution is 2.45. The van der Waals surface area contributed by atoms with Crippen molar-refractivity contribution in [1.82, 2.24) is 0 Å². The van der Waals surface area contributed by atoms with Crippen LogP contribution in [0, 0.1) is 17.8 Å². The van der Waals surface area contributed by atoms with Gasteiger partial charge in [-0.2, -0.15) is 0 Å². The zero-order valence-corrected chi connectivity index (χ0v) is 66.0. The smallest absolute Gasteiger partial charge is 0.462 e. The molecule has 98 heavy (non-hydrogen) atoms. The van der Waals surface area contributed by atoms with Gasteiger partial charge in [0.25, 0.3) is 0 Å². The van der Waals surface area contributed by atoms with E-state index >= 15 is 0 Å². The van der Waals surface area contributed by atoms with Crippen LogP contribution in [-0.2, 0) is 65.4 Å². The zero-order valence-electron chi connectivity index (χ0n) is 64.3. The van der Waals surface area contributed by atoms with Gasteiger partial charge in [0.2, 0.25) is 0 Å². The topological polar surface area (TPSA) is 237 Å². The molecule has 19 heteroatoms. The third kappa shape index (κ3) is 71.1. The summed E-state index contributed by atoms with van der Waals surface area (Å²) in [7, 11) is -9.91. The highest BCUT2D eigenvalue weighted by molar-refractivity contribution is 7.47. The van der Waals surface area contributed by atoms with Crippen molar-refractivity contribution in [3.8, 4) is 0 Å². The summed E-state index contributed by atoms with van der Waals surface area (Å²) in [6.45, 7) is 11.8. The Hall–Kier alpha value is -1.94. The molecule has 0 spiro atoms. The Kier molecular flexibility index (Phi) is 68.1. The number of hydrogen-bond acceptors (Lipinski definition) is 15. The fourth-order valence-corrected chi connectivity index (χ4v) is 13.7. The summed E-state index contributed by atoms with van der Waals surface area (Å²) in [5, 5.41) is 10.6. The predicted molar refractivity (Wildman–Crippen MR) is 400 cm³/mol. The lowest BCUT2D eigenvalue weighted by Crippen LogP contribution is -2.30. The third-order valence-corrected chi connectivity index (χ3v) is 20.6. The van der Waals surface area contributed by atoms with Crippen molar-refractivity contribution >= 4 is 39.5 Å². The summed E-state index contributed by atoms with van der Waals surface area (Å²) >= 11 is 0. The molecule has 0 aromatic heterocycles. The summed E-state index contributed by atoms with van der Waals surface area (Å²) in [6, 6.07) is 0. The quantitative estimate of drug-likeness (QED) is 0.0222. The van der Waals surface area contributed by atoms with E-state index in [4.69, 9.17) is 37.0 Å². The normalized spacial score (nSPS) is 14.3. The van der Waals surface area contributed by atoms with Crippen molar-refractivity contribution < 1.29 is 80.2 Å². The number of aliphatic hydroxyl groups is 1. The summed E-state index contributed by atoms with van der Waals surface area (Å²) in [5.74, 6) is 0.107.